The van der Waals surface area contributed by atoms with Gasteiger partial charge in [-0.3, -0.25) is 14.4 Å². The minimum atomic E-state index is -0.857. The van der Waals surface area contributed by atoms with Gasteiger partial charge in [0.2, 0.25) is 0 Å². The molecule has 5 nitrogen and oxygen atoms in total. The van der Waals surface area contributed by atoms with Crippen LogP contribution in [0.25, 0.3) is 0 Å². The Morgan fingerprint density at radius 2 is 1.73 bits per heavy atom. The zero-order chi connectivity index (χ0) is 18.9. The summed E-state index contributed by atoms with van der Waals surface area (Å²) < 4.78 is 0. The van der Waals surface area contributed by atoms with Crippen LogP contribution in [0.1, 0.15) is 65.2 Å². The van der Waals surface area contributed by atoms with Crippen molar-refractivity contribution in [1.82, 2.24) is 0 Å². The Hall–Kier alpha value is -1.65. The number of hydrogen-bond donors (Lipinski definition) is 2. The van der Waals surface area contributed by atoms with E-state index >= 15 is 0 Å². The van der Waals surface area contributed by atoms with Crippen molar-refractivity contribution in [2.45, 2.75) is 65.2 Å². The van der Waals surface area contributed by atoms with Crippen LogP contribution in [0.2, 0.25) is 0 Å². The molecule has 0 aromatic rings. The lowest BCUT2D eigenvalue weighted by molar-refractivity contribution is -0.186. The summed E-state index contributed by atoms with van der Waals surface area (Å²) in [5.74, 6) is -1.91. The van der Waals surface area contributed by atoms with Crippen LogP contribution in [-0.4, -0.2) is 27.9 Å². The molecule has 3 saturated carbocycles. The molecule has 0 saturated heterocycles. The lowest BCUT2D eigenvalue weighted by atomic mass is 9.40. The average Bonchev–Trinajstić information content (AvgIpc) is 2.93. The normalized spacial score (nSPS) is 47.4. The number of aliphatic carboxylic acids is 2. The molecule has 5 heteroatoms. The summed E-state index contributed by atoms with van der Waals surface area (Å²) in [6.07, 6.45) is 6.95. The molecule has 2 N–H and O–H groups in total. The van der Waals surface area contributed by atoms with Crippen molar-refractivity contribution in [3.8, 4) is 0 Å². The highest BCUT2D eigenvalue weighted by atomic mass is 16.4. The molecule has 4 aliphatic rings. The standard InChI is InChI=1S/C21H28O5/c1-19-8-6-13(22)11-12(19)5-10-21(18(25)26)15-4-3-14(17(23)24)20(15,2)9-7-16(19)21/h11,14-16H,3-10H2,1-2H3,(H,23,24)(H,25,26)/t14?,15-,16+,19+,20-,21-/m1/s1. The van der Waals surface area contributed by atoms with Crippen LogP contribution in [0.15, 0.2) is 11.6 Å². The summed E-state index contributed by atoms with van der Waals surface area (Å²) in [6.45, 7) is 4.17. The summed E-state index contributed by atoms with van der Waals surface area (Å²) in [7, 11) is 0. The predicted molar refractivity (Wildman–Crippen MR) is 94.4 cm³/mol. The second-order valence-corrected chi connectivity index (χ2v) is 9.52. The highest BCUT2D eigenvalue weighted by Crippen LogP contribution is 2.71. The van der Waals surface area contributed by atoms with Gasteiger partial charge in [0.05, 0.1) is 11.3 Å². The zero-order valence-corrected chi connectivity index (χ0v) is 15.6. The Morgan fingerprint density at radius 1 is 1.00 bits per heavy atom. The molecule has 26 heavy (non-hydrogen) atoms. The quantitative estimate of drug-likeness (QED) is 0.784. The van der Waals surface area contributed by atoms with Gasteiger partial charge in [-0.1, -0.05) is 19.4 Å². The highest BCUT2D eigenvalue weighted by Gasteiger charge is 2.69. The largest absolute Gasteiger partial charge is 0.481 e. The number of allylic oxidation sites excluding steroid dienone is 1. The Labute approximate surface area is 153 Å². The fourth-order valence-electron chi connectivity index (χ4n) is 7.50. The van der Waals surface area contributed by atoms with Crippen LogP contribution in [0.4, 0.5) is 0 Å². The van der Waals surface area contributed by atoms with Gasteiger partial charge in [-0.05, 0) is 73.7 Å². The monoisotopic (exact) mass is 360 g/mol. The summed E-state index contributed by atoms with van der Waals surface area (Å²) >= 11 is 0. The van der Waals surface area contributed by atoms with E-state index < -0.39 is 28.7 Å². The van der Waals surface area contributed by atoms with Crippen LogP contribution < -0.4 is 0 Å². The molecule has 4 rings (SSSR count). The lowest BCUT2D eigenvalue weighted by Gasteiger charge is -2.62. The van der Waals surface area contributed by atoms with Crippen molar-refractivity contribution < 1.29 is 24.6 Å². The van der Waals surface area contributed by atoms with E-state index in [2.05, 4.69) is 6.92 Å². The minimum Gasteiger partial charge on any atom is -0.481 e. The number of carboxylic acid groups (broad SMARTS) is 2. The topological polar surface area (TPSA) is 91.7 Å². The molecule has 1 unspecified atom stereocenters. The Kier molecular flexibility index (Phi) is 3.71. The molecule has 4 aliphatic carbocycles. The molecule has 142 valence electrons. The summed E-state index contributed by atoms with van der Waals surface area (Å²) in [4.78, 5) is 36.5. The van der Waals surface area contributed by atoms with E-state index in [0.717, 1.165) is 24.8 Å². The van der Waals surface area contributed by atoms with Gasteiger partial charge in [0, 0.05) is 6.42 Å². The second-order valence-electron chi connectivity index (χ2n) is 9.52. The van der Waals surface area contributed by atoms with Crippen molar-refractivity contribution in [1.29, 1.82) is 0 Å². The average molecular weight is 360 g/mol. The number of carbonyl (C=O) groups excluding carboxylic acids is 1. The van der Waals surface area contributed by atoms with Gasteiger partial charge in [0.1, 0.15) is 0 Å². The van der Waals surface area contributed by atoms with E-state index in [9.17, 15) is 24.6 Å². The summed E-state index contributed by atoms with van der Waals surface area (Å²) in [5.41, 5.74) is -0.411. The Bertz CT molecular complexity index is 724. The van der Waals surface area contributed by atoms with E-state index in [-0.39, 0.29) is 23.0 Å². The van der Waals surface area contributed by atoms with E-state index in [4.69, 9.17) is 0 Å². The molecule has 0 spiro atoms. The first-order valence-corrected chi connectivity index (χ1v) is 9.86. The predicted octanol–water partition coefficient (Wildman–Crippen LogP) is 3.67. The third-order valence-corrected chi connectivity index (χ3v) is 8.78. The van der Waals surface area contributed by atoms with Crippen molar-refractivity contribution in [2.24, 2.45) is 34.0 Å². The Balaban J connectivity index is 1.83. The maximum atomic E-state index is 12.7. The third-order valence-electron chi connectivity index (χ3n) is 8.78. The molecule has 0 aromatic carbocycles. The molecular weight excluding hydrogens is 332 g/mol. The maximum Gasteiger partial charge on any atom is 0.310 e. The number of rotatable bonds is 2. The molecule has 0 amide bonds. The van der Waals surface area contributed by atoms with Gasteiger partial charge < -0.3 is 10.2 Å². The minimum absolute atomic E-state index is 0.00813. The SMILES string of the molecule is C[C@]12CCC(=O)C=C1CC[C@]1(C(=O)O)[C@H]2CC[C@]2(C)C(C(=O)O)CC[C@@H]12. The van der Waals surface area contributed by atoms with E-state index in [1.807, 2.05) is 6.92 Å². The third kappa shape index (κ3) is 2.00. The molecule has 3 fully saturated rings. The molecular formula is C21H28O5. The van der Waals surface area contributed by atoms with Crippen LogP contribution in [0.3, 0.4) is 0 Å². The highest BCUT2D eigenvalue weighted by molar-refractivity contribution is 5.92. The molecule has 6 atom stereocenters. The number of fused-ring (bicyclic) bond motifs is 5. The van der Waals surface area contributed by atoms with E-state index in [1.165, 1.54) is 0 Å². The van der Waals surface area contributed by atoms with Gasteiger partial charge in [0.15, 0.2) is 5.78 Å². The number of hydrogen-bond acceptors (Lipinski definition) is 3. The van der Waals surface area contributed by atoms with Crippen LogP contribution >= 0.6 is 0 Å². The van der Waals surface area contributed by atoms with Crippen molar-refractivity contribution in [2.75, 3.05) is 0 Å². The number of ketones is 1. The maximum absolute atomic E-state index is 12.7. The van der Waals surface area contributed by atoms with Crippen LogP contribution in [0, 0.1) is 34.0 Å². The molecule has 0 radical (unpaired) electrons. The Morgan fingerprint density at radius 3 is 2.38 bits per heavy atom. The fourth-order valence-corrected chi connectivity index (χ4v) is 7.50. The first-order valence-electron chi connectivity index (χ1n) is 9.86. The van der Waals surface area contributed by atoms with Crippen LogP contribution in [-0.2, 0) is 14.4 Å². The first-order chi connectivity index (χ1) is 12.2. The fraction of sp³-hybridized carbons (Fsp3) is 0.762. The van der Waals surface area contributed by atoms with Gasteiger partial charge in [-0.2, -0.15) is 0 Å². The summed E-state index contributed by atoms with van der Waals surface area (Å²) in [6, 6.07) is 0. The number of carboxylic acids is 2. The van der Waals surface area contributed by atoms with Crippen molar-refractivity contribution in [3.05, 3.63) is 11.6 Å². The van der Waals surface area contributed by atoms with Gasteiger partial charge in [0.25, 0.3) is 0 Å². The van der Waals surface area contributed by atoms with Crippen LogP contribution in [0.5, 0.6) is 0 Å². The smallest absolute Gasteiger partial charge is 0.310 e. The summed E-state index contributed by atoms with van der Waals surface area (Å²) in [5, 5.41) is 20.1. The molecule has 0 aromatic heterocycles. The first kappa shape index (κ1) is 17.7. The zero-order valence-electron chi connectivity index (χ0n) is 15.6. The van der Waals surface area contributed by atoms with Crippen molar-refractivity contribution in [3.63, 3.8) is 0 Å². The van der Waals surface area contributed by atoms with Gasteiger partial charge in [-0.15, -0.1) is 0 Å². The molecule has 0 bridgehead atoms. The molecule has 0 heterocycles. The van der Waals surface area contributed by atoms with Gasteiger partial charge in [-0.25, -0.2) is 0 Å². The molecule has 0 aliphatic heterocycles. The second kappa shape index (κ2) is 5.43. The number of carbonyl (C=O) groups is 3. The van der Waals surface area contributed by atoms with E-state index in [0.29, 0.717) is 32.1 Å². The van der Waals surface area contributed by atoms with Crippen molar-refractivity contribution >= 4 is 17.7 Å². The van der Waals surface area contributed by atoms with Gasteiger partial charge >= 0.3 is 11.9 Å². The lowest BCUT2D eigenvalue weighted by Crippen LogP contribution is -2.61. The van der Waals surface area contributed by atoms with E-state index in [1.54, 1.807) is 6.08 Å².